The molecule has 3 nitrogen and oxygen atoms in total. The van der Waals surface area contributed by atoms with Crippen LogP contribution in [0.2, 0.25) is 0 Å². The Morgan fingerprint density at radius 3 is 2.93 bits per heavy atom. The molecule has 1 aromatic carbocycles. The van der Waals surface area contributed by atoms with Crippen molar-refractivity contribution in [3.63, 3.8) is 0 Å². The van der Waals surface area contributed by atoms with Crippen molar-refractivity contribution in [3.05, 3.63) is 36.4 Å². The van der Waals surface area contributed by atoms with Crippen LogP contribution in [-0.4, -0.2) is 9.55 Å². The number of anilines is 1. The summed E-state index contributed by atoms with van der Waals surface area (Å²) in [5.74, 6) is 0.445. The molecular formula is C11H12FN3. The van der Waals surface area contributed by atoms with Gasteiger partial charge in [0, 0.05) is 30.2 Å². The maximum Gasteiger partial charge on any atom is 0.141 e. The predicted octanol–water partition coefficient (Wildman–Crippen LogP) is 2.29. The fraction of sp³-hybridized carbons (Fsp3) is 0.182. The minimum absolute atomic E-state index is 0.328. The molecule has 2 aromatic rings. The molecule has 78 valence electrons. The van der Waals surface area contributed by atoms with E-state index >= 15 is 0 Å². The Balaban J connectivity index is 2.54. The van der Waals surface area contributed by atoms with Gasteiger partial charge in [-0.05, 0) is 25.1 Å². The standard InChI is InChI=1S/C11H12FN3/c1-2-15-6-5-14-11(15)9-4-3-8(12)7-10(9)13/h3-7H,2,13H2,1H3. The molecule has 0 saturated heterocycles. The van der Waals surface area contributed by atoms with Crippen molar-refractivity contribution < 1.29 is 4.39 Å². The van der Waals surface area contributed by atoms with E-state index in [1.165, 1.54) is 12.1 Å². The topological polar surface area (TPSA) is 43.8 Å². The lowest BCUT2D eigenvalue weighted by molar-refractivity contribution is 0.628. The van der Waals surface area contributed by atoms with Crippen molar-refractivity contribution in [1.82, 2.24) is 9.55 Å². The second-order valence-corrected chi connectivity index (χ2v) is 3.27. The highest BCUT2D eigenvalue weighted by molar-refractivity contribution is 5.71. The zero-order chi connectivity index (χ0) is 10.8. The summed E-state index contributed by atoms with van der Waals surface area (Å²) in [4.78, 5) is 4.21. The van der Waals surface area contributed by atoms with Crippen molar-refractivity contribution in [2.24, 2.45) is 0 Å². The Kier molecular flexibility index (Phi) is 2.41. The number of rotatable bonds is 2. The van der Waals surface area contributed by atoms with Gasteiger partial charge >= 0.3 is 0 Å². The van der Waals surface area contributed by atoms with Gasteiger partial charge in [-0.1, -0.05) is 0 Å². The van der Waals surface area contributed by atoms with Crippen LogP contribution >= 0.6 is 0 Å². The molecule has 0 unspecified atom stereocenters. The highest BCUT2D eigenvalue weighted by Gasteiger charge is 2.08. The van der Waals surface area contributed by atoms with E-state index in [9.17, 15) is 4.39 Å². The fourth-order valence-corrected chi connectivity index (χ4v) is 1.55. The summed E-state index contributed by atoms with van der Waals surface area (Å²) in [6.45, 7) is 2.83. The van der Waals surface area contributed by atoms with Crippen LogP contribution < -0.4 is 5.73 Å². The third kappa shape index (κ3) is 1.70. The number of nitrogens with zero attached hydrogens (tertiary/aromatic N) is 2. The Labute approximate surface area is 87.4 Å². The molecule has 0 radical (unpaired) electrons. The number of hydrogen-bond donors (Lipinski definition) is 1. The molecule has 0 bridgehead atoms. The molecule has 0 spiro atoms. The summed E-state index contributed by atoms with van der Waals surface area (Å²) >= 11 is 0. The molecule has 0 aliphatic heterocycles. The van der Waals surface area contributed by atoms with Gasteiger partial charge in [0.15, 0.2) is 0 Å². The molecule has 0 atom stereocenters. The van der Waals surface area contributed by atoms with Gasteiger partial charge < -0.3 is 10.3 Å². The lowest BCUT2D eigenvalue weighted by Crippen LogP contribution is -1.99. The second kappa shape index (κ2) is 3.73. The van der Waals surface area contributed by atoms with E-state index in [-0.39, 0.29) is 5.82 Å². The molecule has 2 N–H and O–H groups in total. The highest BCUT2D eigenvalue weighted by Crippen LogP contribution is 2.24. The average molecular weight is 205 g/mol. The number of aromatic nitrogens is 2. The number of nitrogen functional groups attached to an aromatic ring is 1. The molecule has 0 amide bonds. The van der Waals surface area contributed by atoms with Crippen molar-refractivity contribution in [1.29, 1.82) is 0 Å². The van der Waals surface area contributed by atoms with E-state index in [1.807, 2.05) is 17.7 Å². The Hall–Kier alpha value is -1.84. The normalized spacial score (nSPS) is 10.5. The van der Waals surface area contributed by atoms with Crippen LogP contribution in [0.25, 0.3) is 11.4 Å². The fourth-order valence-electron chi connectivity index (χ4n) is 1.55. The largest absolute Gasteiger partial charge is 0.398 e. The zero-order valence-corrected chi connectivity index (χ0v) is 8.44. The smallest absolute Gasteiger partial charge is 0.141 e. The summed E-state index contributed by atoms with van der Waals surface area (Å²) in [5.41, 5.74) is 6.92. The Bertz CT molecular complexity index is 476. The van der Waals surface area contributed by atoms with E-state index in [0.717, 1.165) is 17.9 Å². The van der Waals surface area contributed by atoms with Gasteiger partial charge in [0.05, 0.1) is 0 Å². The summed E-state index contributed by atoms with van der Waals surface area (Å²) in [7, 11) is 0. The molecule has 0 fully saturated rings. The number of halogens is 1. The van der Waals surface area contributed by atoms with Crippen molar-refractivity contribution in [2.45, 2.75) is 13.5 Å². The highest BCUT2D eigenvalue weighted by atomic mass is 19.1. The van der Waals surface area contributed by atoms with E-state index < -0.39 is 0 Å². The number of aryl methyl sites for hydroxylation is 1. The van der Waals surface area contributed by atoms with Crippen molar-refractivity contribution in [3.8, 4) is 11.4 Å². The van der Waals surface area contributed by atoms with Crippen molar-refractivity contribution in [2.75, 3.05) is 5.73 Å². The summed E-state index contributed by atoms with van der Waals surface area (Å²) in [6.07, 6.45) is 3.58. The van der Waals surface area contributed by atoms with Gasteiger partial charge in [-0.25, -0.2) is 9.37 Å². The van der Waals surface area contributed by atoms with E-state index in [2.05, 4.69) is 4.98 Å². The van der Waals surface area contributed by atoms with Crippen LogP contribution in [0.5, 0.6) is 0 Å². The third-order valence-electron chi connectivity index (χ3n) is 2.31. The first-order valence-corrected chi connectivity index (χ1v) is 4.79. The molecule has 0 aliphatic rings. The predicted molar refractivity (Wildman–Crippen MR) is 57.7 cm³/mol. The second-order valence-electron chi connectivity index (χ2n) is 3.27. The van der Waals surface area contributed by atoms with Crippen LogP contribution in [0.1, 0.15) is 6.92 Å². The van der Waals surface area contributed by atoms with Gasteiger partial charge in [-0.2, -0.15) is 0 Å². The molecule has 15 heavy (non-hydrogen) atoms. The first-order chi connectivity index (χ1) is 7.22. The maximum atomic E-state index is 12.9. The molecule has 0 aliphatic carbocycles. The van der Waals surface area contributed by atoms with Crippen LogP contribution in [0.3, 0.4) is 0 Å². The van der Waals surface area contributed by atoms with Gasteiger partial charge in [-0.15, -0.1) is 0 Å². The van der Waals surface area contributed by atoms with Gasteiger partial charge in [0.25, 0.3) is 0 Å². The summed E-state index contributed by atoms with van der Waals surface area (Å²) < 4.78 is 14.8. The maximum absolute atomic E-state index is 12.9. The minimum atomic E-state index is -0.328. The molecule has 4 heteroatoms. The van der Waals surface area contributed by atoms with E-state index in [0.29, 0.717) is 5.69 Å². The first kappa shape index (κ1) is 9.71. The summed E-state index contributed by atoms with van der Waals surface area (Å²) in [5, 5.41) is 0. The monoisotopic (exact) mass is 205 g/mol. The van der Waals surface area contributed by atoms with Gasteiger partial charge in [0.1, 0.15) is 11.6 Å². The summed E-state index contributed by atoms with van der Waals surface area (Å²) in [6, 6.07) is 4.35. The van der Waals surface area contributed by atoms with Crippen LogP contribution in [0.15, 0.2) is 30.6 Å². The van der Waals surface area contributed by atoms with E-state index in [4.69, 9.17) is 5.73 Å². The van der Waals surface area contributed by atoms with Crippen LogP contribution in [-0.2, 0) is 6.54 Å². The third-order valence-corrected chi connectivity index (χ3v) is 2.31. The lowest BCUT2D eigenvalue weighted by atomic mass is 10.1. The molecular weight excluding hydrogens is 193 g/mol. The van der Waals surface area contributed by atoms with Gasteiger partial charge in [0.2, 0.25) is 0 Å². The Morgan fingerprint density at radius 2 is 2.27 bits per heavy atom. The quantitative estimate of drug-likeness (QED) is 0.764. The molecule has 1 heterocycles. The lowest BCUT2D eigenvalue weighted by Gasteiger charge is -2.07. The number of hydrogen-bond acceptors (Lipinski definition) is 2. The number of benzene rings is 1. The van der Waals surface area contributed by atoms with Gasteiger partial charge in [-0.3, -0.25) is 0 Å². The number of imidazole rings is 1. The zero-order valence-electron chi connectivity index (χ0n) is 8.44. The SMILES string of the molecule is CCn1ccnc1-c1ccc(F)cc1N. The molecule has 0 saturated carbocycles. The molecule has 2 rings (SSSR count). The molecule has 1 aromatic heterocycles. The number of nitrogens with two attached hydrogens (primary N) is 1. The first-order valence-electron chi connectivity index (χ1n) is 4.79. The van der Waals surface area contributed by atoms with E-state index in [1.54, 1.807) is 12.3 Å². The average Bonchev–Trinajstić information content (AvgIpc) is 2.65. The minimum Gasteiger partial charge on any atom is -0.398 e. The Morgan fingerprint density at radius 1 is 1.47 bits per heavy atom. The van der Waals surface area contributed by atoms with Crippen molar-refractivity contribution >= 4 is 5.69 Å². The van der Waals surface area contributed by atoms with Crippen LogP contribution in [0, 0.1) is 5.82 Å². The van der Waals surface area contributed by atoms with Crippen LogP contribution in [0.4, 0.5) is 10.1 Å².